The molecule has 0 atom stereocenters. The van der Waals surface area contributed by atoms with Crippen LogP contribution in [-0.2, 0) is 17.9 Å². The quantitative estimate of drug-likeness (QED) is 0.430. The van der Waals surface area contributed by atoms with E-state index in [4.69, 9.17) is 9.26 Å². The summed E-state index contributed by atoms with van der Waals surface area (Å²) in [6.07, 6.45) is 4.42. The molecule has 1 aliphatic heterocycles. The summed E-state index contributed by atoms with van der Waals surface area (Å²) in [7, 11) is 0. The Balaban J connectivity index is 1.51. The molecule has 31 heavy (non-hydrogen) atoms. The van der Waals surface area contributed by atoms with E-state index in [9.17, 15) is 0 Å². The average molecular weight is 417 g/mol. The standard InChI is InChI=1S/C22H23N7O2/c1-12(2)22-24-20(27-31-22)19-17-9-28-18(10-30-14-5-6-14)25-26-21(28)15-8-13(3)4-7-16(15)29(17)11-23-19/h4,7-8,11-12,14H,5-6,9-10H2,1-3H3. The molecule has 158 valence electrons. The van der Waals surface area contributed by atoms with Gasteiger partial charge in [-0.15, -0.1) is 10.2 Å². The molecule has 9 heteroatoms. The Morgan fingerprint density at radius 1 is 1.23 bits per heavy atom. The summed E-state index contributed by atoms with van der Waals surface area (Å²) in [5, 5.41) is 13.2. The lowest BCUT2D eigenvalue weighted by Gasteiger charge is -2.09. The van der Waals surface area contributed by atoms with Crippen LogP contribution in [0.25, 0.3) is 28.6 Å². The fraction of sp³-hybridized carbons (Fsp3) is 0.409. The Morgan fingerprint density at radius 3 is 2.87 bits per heavy atom. The third-order valence-corrected chi connectivity index (χ3v) is 5.77. The van der Waals surface area contributed by atoms with Gasteiger partial charge in [-0.3, -0.25) is 4.57 Å². The number of hydrogen-bond acceptors (Lipinski definition) is 7. The minimum absolute atomic E-state index is 0.154. The van der Waals surface area contributed by atoms with Crippen LogP contribution in [0.2, 0.25) is 0 Å². The summed E-state index contributed by atoms with van der Waals surface area (Å²) >= 11 is 0. The predicted molar refractivity (Wildman–Crippen MR) is 112 cm³/mol. The van der Waals surface area contributed by atoms with Gasteiger partial charge in [0.1, 0.15) is 18.6 Å². The molecule has 1 aromatic carbocycles. The van der Waals surface area contributed by atoms with E-state index < -0.39 is 0 Å². The van der Waals surface area contributed by atoms with Gasteiger partial charge in [0.15, 0.2) is 11.6 Å². The number of rotatable bonds is 5. The minimum Gasteiger partial charge on any atom is -0.370 e. The Kier molecular flexibility index (Phi) is 4.07. The zero-order valence-electron chi connectivity index (χ0n) is 17.7. The maximum atomic E-state index is 5.94. The first-order valence-corrected chi connectivity index (χ1v) is 10.6. The van der Waals surface area contributed by atoms with Gasteiger partial charge in [-0.25, -0.2) is 4.98 Å². The summed E-state index contributed by atoms with van der Waals surface area (Å²) in [5.74, 6) is 2.90. The van der Waals surface area contributed by atoms with Crippen molar-refractivity contribution in [2.75, 3.05) is 0 Å². The maximum Gasteiger partial charge on any atom is 0.229 e. The number of ether oxygens (including phenoxy) is 1. The van der Waals surface area contributed by atoms with Crippen LogP contribution in [0.15, 0.2) is 29.0 Å². The smallest absolute Gasteiger partial charge is 0.229 e. The number of fused-ring (bicyclic) bond motifs is 5. The van der Waals surface area contributed by atoms with Crippen LogP contribution in [-0.4, -0.2) is 40.6 Å². The van der Waals surface area contributed by atoms with Crippen molar-refractivity contribution in [3.05, 3.63) is 47.5 Å². The third-order valence-electron chi connectivity index (χ3n) is 5.77. The lowest BCUT2D eigenvalue weighted by Crippen LogP contribution is -2.10. The Labute approximate surface area is 179 Å². The SMILES string of the molecule is Cc1ccc2c(c1)-c1nnc(COC3CC3)n1Cc1c(-c3noc(C(C)C)n3)ncn1-2. The molecule has 1 saturated carbocycles. The van der Waals surface area contributed by atoms with Crippen LogP contribution in [0.1, 0.15) is 55.6 Å². The van der Waals surface area contributed by atoms with Crippen LogP contribution < -0.4 is 0 Å². The molecule has 4 aromatic rings. The third kappa shape index (κ3) is 3.07. The first kappa shape index (κ1) is 18.4. The Bertz CT molecular complexity index is 1280. The van der Waals surface area contributed by atoms with Crippen LogP contribution in [0, 0.1) is 6.92 Å². The molecule has 0 radical (unpaired) electrons. The topological polar surface area (TPSA) is 96.7 Å². The number of aromatic nitrogens is 7. The van der Waals surface area contributed by atoms with E-state index in [2.05, 4.69) is 59.6 Å². The normalized spacial score (nSPS) is 15.0. The zero-order valence-corrected chi connectivity index (χ0v) is 17.7. The lowest BCUT2D eigenvalue weighted by molar-refractivity contribution is 0.0983. The molecule has 0 saturated heterocycles. The molecular formula is C22H23N7O2. The second-order valence-electron chi connectivity index (χ2n) is 8.58. The minimum atomic E-state index is 0.154. The molecular weight excluding hydrogens is 394 g/mol. The number of nitrogens with zero attached hydrogens (tertiary/aromatic N) is 7. The fourth-order valence-corrected chi connectivity index (χ4v) is 3.91. The number of aryl methyl sites for hydroxylation is 1. The van der Waals surface area contributed by atoms with Crippen molar-refractivity contribution < 1.29 is 9.26 Å². The molecule has 1 fully saturated rings. The van der Waals surface area contributed by atoms with Crippen LogP contribution in [0.5, 0.6) is 0 Å². The van der Waals surface area contributed by atoms with Crippen molar-refractivity contribution in [3.8, 4) is 28.6 Å². The van der Waals surface area contributed by atoms with Crippen LogP contribution in [0.4, 0.5) is 0 Å². The highest BCUT2D eigenvalue weighted by molar-refractivity contribution is 5.71. The summed E-state index contributed by atoms with van der Waals surface area (Å²) in [4.78, 5) is 9.24. The molecule has 0 amide bonds. The van der Waals surface area contributed by atoms with E-state index >= 15 is 0 Å². The highest BCUT2D eigenvalue weighted by Crippen LogP contribution is 2.35. The molecule has 0 N–H and O–H groups in total. The second-order valence-corrected chi connectivity index (χ2v) is 8.58. The lowest BCUT2D eigenvalue weighted by atomic mass is 10.1. The van der Waals surface area contributed by atoms with Gasteiger partial charge in [-0.2, -0.15) is 4.98 Å². The van der Waals surface area contributed by atoms with E-state index in [-0.39, 0.29) is 5.92 Å². The molecule has 0 spiro atoms. The summed E-state index contributed by atoms with van der Waals surface area (Å²) in [5.41, 5.74) is 4.86. The van der Waals surface area contributed by atoms with E-state index in [1.54, 1.807) is 0 Å². The van der Waals surface area contributed by atoms with Gasteiger partial charge in [0.05, 0.1) is 24.0 Å². The van der Waals surface area contributed by atoms with Crippen molar-refractivity contribution in [1.82, 2.24) is 34.5 Å². The van der Waals surface area contributed by atoms with E-state index in [1.165, 1.54) is 0 Å². The van der Waals surface area contributed by atoms with E-state index in [0.717, 1.165) is 47.0 Å². The fourth-order valence-electron chi connectivity index (χ4n) is 3.91. The van der Waals surface area contributed by atoms with E-state index in [0.29, 0.717) is 36.7 Å². The largest absolute Gasteiger partial charge is 0.370 e. The molecule has 6 rings (SSSR count). The van der Waals surface area contributed by atoms with Crippen molar-refractivity contribution in [1.29, 1.82) is 0 Å². The first-order chi connectivity index (χ1) is 15.1. The highest BCUT2D eigenvalue weighted by Gasteiger charge is 2.29. The van der Waals surface area contributed by atoms with Gasteiger partial charge >= 0.3 is 0 Å². The number of hydrogen-bond donors (Lipinski definition) is 0. The second kappa shape index (κ2) is 6.84. The Morgan fingerprint density at radius 2 is 2.10 bits per heavy atom. The molecule has 0 bridgehead atoms. The number of benzene rings is 1. The van der Waals surface area contributed by atoms with Crippen molar-refractivity contribution in [3.63, 3.8) is 0 Å². The van der Waals surface area contributed by atoms with Crippen molar-refractivity contribution >= 4 is 0 Å². The molecule has 1 aliphatic carbocycles. The number of imidazole rings is 1. The van der Waals surface area contributed by atoms with Gasteiger partial charge in [-0.1, -0.05) is 30.6 Å². The van der Waals surface area contributed by atoms with Gasteiger partial charge in [0.25, 0.3) is 0 Å². The Hall–Kier alpha value is -3.33. The van der Waals surface area contributed by atoms with Gasteiger partial charge in [-0.05, 0) is 31.9 Å². The molecule has 0 unspecified atom stereocenters. The monoisotopic (exact) mass is 417 g/mol. The van der Waals surface area contributed by atoms with Gasteiger partial charge in [0.2, 0.25) is 11.7 Å². The van der Waals surface area contributed by atoms with E-state index in [1.807, 2.05) is 20.2 Å². The molecule has 3 aromatic heterocycles. The summed E-state index contributed by atoms with van der Waals surface area (Å²) in [6, 6.07) is 6.33. The molecule has 9 nitrogen and oxygen atoms in total. The average Bonchev–Trinajstić information content (AvgIpc) is 3.15. The van der Waals surface area contributed by atoms with Gasteiger partial charge in [0, 0.05) is 11.5 Å². The van der Waals surface area contributed by atoms with Crippen LogP contribution in [0.3, 0.4) is 0 Å². The predicted octanol–water partition coefficient (Wildman–Crippen LogP) is 3.65. The molecule has 2 aliphatic rings. The first-order valence-electron chi connectivity index (χ1n) is 10.6. The molecule has 4 heterocycles. The summed E-state index contributed by atoms with van der Waals surface area (Å²) in [6.45, 7) is 7.12. The highest BCUT2D eigenvalue weighted by atomic mass is 16.5. The zero-order chi connectivity index (χ0) is 21.1. The van der Waals surface area contributed by atoms with Crippen molar-refractivity contribution in [2.24, 2.45) is 0 Å². The van der Waals surface area contributed by atoms with Crippen molar-refractivity contribution in [2.45, 2.75) is 58.8 Å². The van der Waals surface area contributed by atoms with Crippen LogP contribution >= 0.6 is 0 Å². The maximum absolute atomic E-state index is 5.94. The van der Waals surface area contributed by atoms with Gasteiger partial charge < -0.3 is 13.8 Å². The summed E-state index contributed by atoms with van der Waals surface area (Å²) < 4.78 is 15.6.